The van der Waals surface area contributed by atoms with Gasteiger partial charge in [-0.15, -0.1) is 0 Å². The Kier molecular flexibility index (Phi) is 39.2. The number of carbonyl (C=O) groups excluding carboxylic acids is 4. The van der Waals surface area contributed by atoms with E-state index < -0.39 is 228 Å². The van der Waals surface area contributed by atoms with E-state index in [1.807, 2.05) is 62.6 Å². The molecule has 121 heavy (non-hydrogen) atoms. The minimum absolute atomic E-state index is 0.0222. The lowest BCUT2D eigenvalue weighted by Crippen LogP contribution is -2.62. The minimum atomic E-state index is -2.02. The van der Waals surface area contributed by atoms with E-state index in [0.717, 1.165) is 0 Å². The fraction of sp³-hybridized carbons (Fsp3) is 0.908. The monoisotopic (exact) mass is 1730 g/mol. The van der Waals surface area contributed by atoms with Gasteiger partial charge in [0.2, 0.25) is 6.41 Å². The zero-order chi connectivity index (χ0) is 91.4. The highest BCUT2D eigenvalue weighted by atomic mass is 16.7. The SMILES string of the molecule is CC[C@H]1OC(=O)[C@H](C)[C@@H](O[C@H]2C[C@@](C)(OC)[C@@H](O)[C@H](C)O2)[C@H](C)[C@@H](O[C@@H]2O[C@H](C)C[C@H](N(C)C(C)C)[C@H]2O)[C@](C)(O)C[C@@H](C)[C@H](OCC(=O)Nc2ccncn2)[C@H](C)[C@@H](O)[C@]1(C)O.CC[C@H]1OC(=O)[C@H](C)[C@@H](O[C@H]2C[C@@](C)(OC)[C@@H](O)[C@H](C)O2)[C@H](C)[C@@H](O[C@@H]2O[C@H](C)C[C@H](N(C)C(C)C)[C@H]2O)[C@](C)(O)C[C@@H](C)[C@H](OCCNC=O)[C@H](C)[C@@H](O)[C@]1(C)O. The van der Waals surface area contributed by atoms with Gasteiger partial charge in [0.05, 0.1) is 114 Å². The smallest absolute Gasteiger partial charge is 0.311 e. The van der Waals surface area contributed by atoms with Crippen molar-refractivity contribution >= 4 is 30.1 Å². The first-order valence-corrected chi connectivity index (χ1v) is 43.8. The van der Waals surface area contributed by atoms with Gasteiger partial charge in [-0.05, 0) is 181 Å². The van der Waals surface area contributed by atoms with E-state index in [9.17, 15) is 70.2 Å². The predicted octanol–water partition coefficient (Wildman–Crippen LogP) is 4.94. The van der Waals surface area contributed by atoms with Crippen molar-refractivity contribution in [2.24, 2.45) is 47.3 Å². The highest BCUT2D eigenvalue weighted by Crippen LogP contribution is 2.46. The number of aliphatic hydroxyl groups excluding tert-OH is 6. The van der Waals surface area contributed by atoms with Gasteiger partial charge in [0.25, 0.3) is 5.91 Å². The molecule has 38 atom stereocenters. The van der Waals surface area contributed by atoms with E-state index >= 15 is 0 Å². The van der Waals surface area contributed by atoms with Gasteiger partial charge in [0.1, 0.15) is 66.6 Å². The number of anilines is 1. The molecule has 34 nitrogen and oxygen atoms in total. The Morgan fingerprint density at radius 1 is 0.562 bits per heavy atom. The van der Waals surface area contributed by atoms with Crippen LogP contribution >= 0.6 is 0 Å². The second-order valence-electron chi connectivity index (χ2n) is 37.8. The fourth-order valence-corrected chi connectivity index (χ4v) is 19.4. The van der Waals surface area contributed by atoms with Crippen molar-refractivity contribution in [2.45, 2.75) is 410 Å². The quantitative estimate of drug-likeness (QED) is 0.0350. The molecule has 0 unspecified atom stereocenters. The third-order valence-corrected chi connectivity index (χ3v) is 27.3. The average molecular weight is 1730 g/mol. The van der Waals surface area contributed by atoms with Gasteiger partial charge >= 0.3 is 11.9 Å². The van der Waals surface area contributed by atoms with Crippen LogP contribution in [0.3, 0.4) is 0 Å². The molecule has 0 spiro atoms. The third-order valence-electron chi connectivity index (χ3n) is 27.3. The summed E-state index contributed by atoms with van der Waals surface area (Å²) in [4.78, 5) is 65.1. The van der Waals surface area contributed by atoms with Crippen LogP contribution < -0.4 is 10.6 Å². The Balaban J connectivity index is 0.000000376. The molecule has 7 heterocycles. The zero-order valence-corrected chi connectivity index (χ0v) is 77.3. The molecule has 0 radical (unpaired) electrons. The number of nitrogens with one attached hydrogen (secondary N) is 2. The molecule has 0 saturated carbocycles. The van der Waals surface area contributed by atoms with Crippen LogP contribution in [0.2, 0.25) is 0 Å². The number of likely N-dealkylation sites (N-methyl/N-ethyl adjacent to an activating group) is 2. The second kappa shape index (κ2) is 44.8. The third kappa shape index (κ3) is 26.0. The highest BCUT2D eigenvalue weighted by molar-refractivity contribution is 5.90. The number of aliphatic hydroxyl groups is 10. The van der Waals surface area contributed by atoms with Gasteiger partial charge in [-0.1, -0.05) is 55.4 Å². The number of amides is 2. The summed E-state index contributed by atoms with van der Waals surface area (Å²) in [6.07, 6.45) is -17.7. The van der Waals surface area contributed by atoms with E-state index in [1.54, 1.807) is 104 Å². The number of nitrogens with zero attached hydrogens (tertiary/aromatic N) is 4. The number of ether oxygens (including phenoxy) is 14. The van der Waals surface area contributed by atoms with Crippen LogP contribution in [0.4, 0.5) is 5.82 Å². The molecule has 0 bridgehead atoms. The molecule has 6 aliphatic heterocycles. The maximum absolute atomic E-state index is 14.5. The summed E-state index contributed by atoms with van der Waals surface area (Å²) < 4.78 is 88.4. The lowest BCUT2D eigenvalue weighted by atomic mass is 9.73. The second-order valence-corrected chi connectivity index (χ2v) is 37.8. The van der Waals surface area contributed by atoms with Crippen molar-refractivity contribution in [3.63, 3.8) is 0 Å². The molecular formula is C87H156N6O28. The molecule has 1 aromatic rings. The molecule has 702 valence electrons. The number of carbonyl (C=O) groups is 4. The first-order chi connectivity index (χ1) is 56.2. The average Bonchev–Trinajstić information content (AvgIpc) is 0.773. The number of aromatic nitrogens is 2. The predicted molar refractivity (Wildman–Crippen MR) is 445 cm³/mol. The molecule has 12 N–H and O–H groups in total. The lowest BCUT2D eigenvalue weighted by Gasteiger charge is -2.50. The van der Waals surface area contributed by atoms with E-state index in [1.165, 1.54) is 46.7 Å². The van der Waals surface area contributed by atoms with Gasteiger partial charge in [0.15, 0.2) is 25.2 Å². The molecule has 0 aromatic carbocycles. The summed E-state index contributed by atoms with van der Waals surface area (Å²) in [6, 6.07) is 1.01. The first-order valence-electron chi connectivity index (χ1n) is 43.8. The van der Waals surface area contributed by atoms with Gasteiger partial charge < -0.3 is 128 Å². The number of hydrogen-bond acceptors (Lipinski definition) is 32. The maximum Gasteiger partial charge on any atom is 0.311 e. The topological polar surface area (TPSA) is 456 Å². The van der Waals surface area contributed by atoms with E-state index in [0.29, 0.717) is 19.3 Å². The number of cyclic esters (lactones) is 2. The highest BCUT2D eigenvalue weighted by Gasteiger charge is 2.58. The van der Waals surface area contributed by atoms with Crippen molar-refractivity contribution in [2.75, 3.05) is 53.4 Å². The molecule has 6 saturated heterocycles. The van der Waals surface area contributed by atoms with Crippen LogP contribution in [-0.2, 0) is 85.5 Å². The lowest BCUT2D eigenvalue weighted by molar-refractivity contribution is -0.319. The normalized spacial score (nSPS) is 44.9. The fourth-order valence-electron chi connectivity index (χ4n) is 19.4. The Labute approximate surface area is 718 Å². The summed E-state index contributed by atoms with van der Waals surface area (Å²) >= 11 is 0. The summed E-state index contributed by atoms with van der Waals surface area (Å²) in [7, 11) is 6.84. The van der Waals surface area contributed by atoms with Crippen LogP contribution in [0.1, 0.15) is 218 Å². The maximum atomic E-state index is 14.5. The molecule has 2 amide bonds. The van der Waals surface area contributed by atoms with Crippen molar-refractivity contribution in [1.29, 1.82) is 0 Å². The number of hydrogen-bond donors (Lipinski definition) is 12. The molecule has 6 fully saturated rings. The van der Waals surface area contributed by atoms with Gasteiger partial charge in [-0.25, -0.2) is 9.97 Å². The zero-order valence-electron chi connectivity index (χ0n) is 77.3. The van der Waals surface area contributed by atoms with Crippen LogP contribution in [0, 0.1) is 47.3 Å². The molecule has 34 heteroatoms. The molecule has 1 aromatic heterocycles. The minimum Gasteiger partial charge on any atom is -0.459 e. The molecule has 0 aliphatic carbocycles. The summed E-state index contributed by atoms with van der Waals surface area (Å²) in [5.41, 5.74) is -9.65. The van der Waals surface area contributed by atoms with E-state index in [4.69, 9.17) is 66.3 Å². The standard InChI is InChI=1S/C45H78N4O14.C42H78N2O14/c1-15-31-45(12,56)38(52)26(6)36(58-21-33(50)48-32-16-17-46-22-47-32)24(4)19-43(10,55)40(63-42-35(51)30(18-25(5)59-42)49(13)23(2)3)27(7)37(28(8)41(54)61-31)62-34-20-44(11,57-14)39(53)29(9)60-34;1-15-30-42(12,51)35(47)25(6)33(53-17-16-43-21-45)23(4)19-40(10,50)37(58-39-32(46)29(18-24(5)54-39)44(13)22(2)3)26(7)34(27(8)38(49)56-30)57-31-20-41(11,52-14)36(48)28(9)55-31/h16-17,22-31,34-40,42,51-53,55-56H,15,18-21H2,1-14H3,(H,46,47,48,50);21-37,39,46-48,50-51H,15-20H2,1-14H3,(H,43,45)/t24-,25-,26+,27+,28-,29+,30+,31-,34+,35-,36+,37+,38-,39+,40-,42+,43-,44-,45-;23-,24-,25+,26+,27-,28+,29+,30-,31+,32-,33+,34+,35-,36+,37-,39+,40-,41-,42-/m11/s1. The molecule has 7 rings (SSSR count). The van der Waals surface area contributed by atoms with Gasteiger partial charge in [-0.3, -0.25) is 29.0 Å². The first kappa shape index (κ1) is 106. The number of methoxy groups -OCH3 is 2. The Bertz CT molecular complexity index is 3320. The molecule has 6 aliphatic rings. The van der Waals surface area contributed by atoms with Crippen molar-refractivity contribution in [1.82, 2.24) is 25.1 Å². The van der Waals surface area contributed by atoms with Crippen LogP contribution in [-0.4, -0.2) is 336 Å². The summed E-state index contributed by atoms with van der Waals surface area (Å²) in [6.45, 7) is 41.9. The Morgan fingerprint density at radius 2 is 0.950 bits per heavy atom. The van der Waals surface area contributed by atoms with E-state index in [2.05, 4.69) is 30.4 Å². The Morgan fingerprint density at radius 3 is 1.30 bits per heavy atom. The van der Waals surface area contributed by atoms with Crippen LogP contribution in [0.5, 0.6) is 0 Å². The van der Waals surface area contributed by atoms with E-state index in [-0.39, 0.29) is 93.9 Å². The van der Waals surface area contributed by atoms with Crippen LogP contribution in [0.25, 0.3) is 0 Å². The van der Waals surface area contributed by atoms with Gasteiger partial charge in [-0.2, -0.15) is 0 Å². The molecular weight excluding hydrogens is 1580 g/mol. The summed E-state index contributed by atoms with van der Waals surface area (Å²) in [5, 5.41) is 125. The van der Waals surface area contributed by atoms with Crippen LogP contribution in [0.15, 0.2) is 18.6 Å². The number of rotatable bonds is 25. The van der Waals surface area contributed by atoms with Gasteiger partial charge in [0, 0.05) is 87.6 Å². The van der Waals surface area contributed by atoms with Crippen molar-refractivity contribution < 1.29 is 137 Å². The van der Waals surface area contributed by atoms with Crippen molar-refractivity contribution in [3.05, 3.63) is 18.6 Å². The van der Waals surface area contributed by atoms with Crippen molar-refractivity contribution in [3.8, 4) is 0 Å². The summed E-state index contributed by atoms with van der Waals surface area (Å²) in [5.74, 6) is -8.47. The Hall–Kier alpha value is -4.00. The largest absolute Gasteiger partial charge is 0.459 e. The number of esters is 2.